The van der Waals surface area contributed by atoms with E-state index in [4.69, 9.17) is 10.00 Å². The number of hydrogen-bond donors (Lipinski definition) is 3. The number of carbonyl (C=O) groups is 2. The van der Waals surface area contributed by atoms with Crippen LogP contribution < -0.4 is 10.6 Å². The van der Waals surface area contributed by atoms with Crippen molar-refractivity contribution >= 4 is 28.5 Å². The Labute approximate surface area is 171 Å². The molecule has 0 aliphatic rings. The fourth-order valence-corrected chi connectivity index (χ4v) is 2.59. The van der Waals surface area contributed by atoms with Gasteiger partial charge in [0, 0.05) is 25.2 Å². The van der Waals surface area contributed by atoms with Crippen LogP contribution in [0.2, 0.25) is 0 Å². The highest BCUT2D eigenvalue weighted by Gasteiger charge is 2.17. The monoisotopic (exact) mass is 406 g/mol. The SMILES string of the molecule is COCCC(=O)Nc1ccc2c(O)c(C(=O)NCc3ccc(C#N)nc3)ncc2n1. The molecular weight excluding hydrogens is 388 g/mol. The van der Waals surface area contributed by atoms with Crippen molar-refractivity contribution in [1.29, 1.82) is 5.26 Å². The lowest BCUT2D eigenvalue weighted by Crippen LogP contribution is -2.24. The van der Waals surface area contributed by atoms with Crippen molar-refractivity contribution in [2.75, 3.05) is 19.0 Å². The number of hydrogen-bond acceptors (Lipinski definition) is 8. The minimum atomic E-state index is -0.573. The quantitative estimate of drug-likeness (QED) is 0.534. The molecule has 0 saturated heterocycles. The molecule has 3 aromatic heterocycles. The van der Waals surface area contributed by atoms with Gasteiger partial charge in [-0.2, -0.15) is 5.26 Å². The second-order valence-electron chi connectivity index (χ2n) is 6.22. The Morgan fingerprint density at radius 3 is 2.73 bits per heavy atom. The molecule has 10 heteroatoms. The lowest BCUT2D eigenvalue weighted by molar-refractivity contribution is -0.117. The third-order valence-corrected chi connectivity index (χ3v) is 4.13. The summed E-state index contributed by atoms with van der Waals surface area (Å²) in [6.07, 6.45) is 3.02. The number of rotatable bonds is 7. The summed E-state index contributed by atoms with van der Waals surface area (Å²) in [4.78, 5) is 36.4. The van der Waals surface area contributed by atoms with Crippen LogP contribution in [0.1, 0.15) is 28.2 Å². The topological polar surface area (TPSA) is 150 Å². The Morgan fingerprint density at radius 2 is 2.03 bits per heavy atom. The first-order valence-electron chi connectivity index (χ1n) is 8.92. The van der Waals surface area contributed by atoms with E-state index in [0.29, 0.717) is 28.9 Å². The van der Waals surface area contributed by atoms with Crippen molar-refractivity contribution in [1.82, 2.24) is 20.3 Å². The highest BCUT2D eigenvalue weighted by Crippen LogP contribution is 2.27. The van der Waals surface area contributed by atoms with Gasteiger partial charge < -0.3 is 20.5 Å². The fourth-order valence-electron chi connectivity index (χ4n) is 2.59. The van der Waals surface area contributed by atoms with Crippen LogP contribution in [-0.2, 0) is 16.1 Å². The molecule has 0 radical (unpaired) electrons. The van der Waals surface area contributed by atoms with E-state index >= 15 is 0 Å². The average molecular weight is 406 g/mol. The minimum absolute atomic E-state index is 0.150. The highest BCUT2D eigenvalue weighted by atomic mass is 16.5. The number of pyridine rings is 3. The molecule has 3 heterocycles. The number of methoxy groups -OCH3 is 1. The third kappa shape index (κ3) is 4.84. The Hall–Kier alpha value is -4.10. The van der Waals surface area contributed by atoms with E-state index in [1.54, 1.807) is 18.2 Å². The highest BCUT2D eigenvalue weighted by molar-refractivity contribution is 6.01. The number of amides is 2. The minimum Gasteiger partial charge on any atom is -0.505 e. The molecule has 0 atom stereocenters. The maximum absolute atomic E-state index is 12.4. The number of fused-ring (bicyclic) bond motifs is 1. The number of anilines is 1. The summed E-state index contributed by atoms with van der Waals surface area (Å²) >= 11 is 0. The molecule has 0 aliphatic heterocycles. The van der Waals surface area contributed by atoms with Crippen molar-refractivity contribution in [2.45, 2.75) is 13.0 Å². The number of aromatic hydroxyl groups is 1. The van der Waals surface area contributed by atoms with Gasteiger partial charge in [0.05, 0.1) is 24.7 Å². The van der Waals surface area contributed by atoms with E-state index < -0.39 is 5.91 Å². The van der Waals surface area contributed by atoms with Crippen molar-refractivity contribution in [3.8, 4) is 11.8 Å². The largest absolute Gasteiger partial charge is 0.505 e. The van der Waals surface area contributed by atoms with Crippen LogP contribution in [0.4, 0.5) is 5.82 Å². The van der Waals surface area contributed by atoms with E-state index in [0.717, 1.165) is 0 Å². The molecule has 3 rings (SSSR count). The molecule has 0 aromatic carbocycles. The zero-order valence-corrected chi connectivity index (χ0v) is 16.0. The van der Waals surface area contributed by atoms with E-state index in [1.165, 1.54) is 25.6 Å². The van der Waals surface area contributed by atoms with Crippen LogP contribution in [0.5, 0.6) is 5.75 Å². The van der Waals surface area contributed by atoms with E-state index in [9.17, 15) is 14.7 Å². The molecule has 152 valence electrons. The van der Waals surface area contributed by atoms with Crippen LogP contribution in [0.25, 0.3) is 10.9 Å². The summed E-state index contributed by atoms with van der Waals surface area (Å²) < 4.78 is 4.85. The number of nitriles is 1. The van der Waals surface area contributed by atoms with Gasteiger partial charge in [0.15, 0.2) is 11.4 Å². The van der Waals surface area contributed by atoms with Crippen molar-refractivity contribution in [2.24, 2.45) is 0 Å². The van der Waals surface area contributed by atoms with Crippen molar-refractivity contribution in [3.05, 3.63) is 53.6 Å². The maximum atomic E-state index is 12.4. The second-order valence-corrected chi connectivity index (χ2v) is 6.22. The van der Waals surface area contributed by atoms with Gasteiger partial charge in [-0.25, -0.2) is 15.0 Å². The Balaban J connectivity index is 1.72. The lowest BCUT2D eigenvalue weighted by atomic mass is 10.2. The Morgan fingerprint density at radius 1 is 1.20 bits per heavy atom. The molecule has 2 amide bonds. The van der Waals surface area contributed by atoms with Crippen LogP contribution in [0.3, 0.4) is 0 Å². The number of ether oxygens (including phenoxy) is 1. The summed E-state index contributed by atoms with van der Waals surface area (Å²) in [6.45, 7) is 0.445. The molecule has 0 fully saturated rings. The summed E-state index contributed by atoms with van der Waals surface area (Å²) in [7, 11) is 1.50. The van der Waals surface area contributed by atoms with Gasteiger partial charge in [-0.05, 0) is 23.8 Å². The first kappa shape index (κ1) is 20.6. The third-order valence-electron chi connectivity index (χ3n) is 4.13. The number of nitrogens with zero attached hydrogens (tertiary/aromatic N) is 4. The fraction of sp³-hybridized carbons (Fsp3) is 0.200. The van der Waals surface area contributed by atoms with E-state index in [2.05, 4.69) is 25.6 Å². The van der Waals surface area contributed by atoms with Crippen molar-refractivity contribution in [3.63, 3.8) is 0 Å². The van der Waals surface area contributed by atoms with Crippen LogP contribution >= 0.6 is 0 Å². The first-order valence-corrected chi connectivity index (χ1v) is 8.92. The number of carbonyl (C=O) groups excluding carboxylic acids is 2. The van der Waals surface area contributed by atoms with Crippen LogP contribution in [0.15, 0.2) is 36.7 Å². The summed E-state index contributed by atoms with van der Waals surface area (Å²) in [5.41, 5.74) is 1.14. The first-order chi connectivity index (χ1) is 14.5. The normalized spacial score (nSPS) is 10.4. The molecule has 0 spiro atoms. The van der Waals surface area contributed by atoms with Crippen LogP contribution in [-0.4, -0.2) is 45.6 Å². The Bertz CT molecular complexity index is 1120. The molecule has 30 heavy (non-hydrogen) atoms. The molecule has 0 unspecified atom stereocenters. The zero-order chi connectivity index (χ0) is 21.5. The predicted molar refractivity (Wildman–Crippen MR) is 106 cm³/mol. The zero-order valence-electron chi connectivity index (χ0n) is 16.0. The average Bonchev–Trinajstić information content (AvgIpc) is 2.76. The molecule has 0 bridgehead atoms. The molecule has 3 aromatic rings. The molecule has 10 nitrogen and oxygen atoms in total. The van der Waals surface area contributed by atoms with Crippen LogP contribution in [0, 0.1) is 11.3 Å². The molecule has 0 aliphatic carbocycles. The van der Waals surface area contributed by atoms with Gasteiger partial charge in [0.2, 0.25) is 5.91 Å². The van der Waals surface area contributed by atoms with Gasteiger partial charge in [-0.1, -0.05) is 6.07 Å². The summed E-state index contributed by atoms with van der Waals surface area (Å²) in [5.74, 6) is -0.840. The van der Waals surface area contributed by atoms with Gasteiger partial charge in [-0.3, -0.25) is 9.59 Å². The predicted octanol–water partition coefficient (Wildman–Crippen LogP) is 1.51. The smallest absolute Gasteiger partial charge is 0.274 e. The van der Waals surface area contributed by atoms with Crippen molar-refractivity contribution < 1.29 is 19.4 Å². The molecular formula is C20H18N6O4. The molecule has 0 saturated carbocycles. The van der Waals surface area contributed by atoms with Gasteiger partial charge in [0.1, 0.15) is 17.6 Å². The number of nitrogens with one attached hydrogen (secondary N) is 2. The molecule has 3 N–H and O–H groups in total. The van der Waals surface area contributed by atoms with Gasteiger partial charge >= 0.3 is 0 Å². The van der Waals surface area contributed by atoms with Gasteiger partial charge in [0.25, 0.3) is 5.91 Å². The van der Waals surface area contributed by atoms with E-state index in [-0.39, 0.29) is 36.0 Å². The summed E-state index contributed by atoms with van der Waals surface area (Å²) in [5, 5.41) is 24.8. The second kappa shape index (κ2) is 9.40. The van der Waals surface area contributed by atoms with Gasteiger partial charge in [-0.15, -0.1) is 0 Å². The van der Waals surface area contributed by atoms with E-state index in [1.807, 2.05) is 6.07 Å². The standard InChI is InChI=1S/C20H18N6O4/c1-30-7-6-17(27)26-16-5-4-14-15(25-16)11-23-18(19(14)28)20(29)24-10-12-2-3-13(8-21)22-9-12/h2-5,9,11,28H,6-7,10H2,1H3,(H,24,29)(H,25,26,27). The Kier molecular flexibility index (Phi) is 6.46. The lowest BCUT2D eigenvalue weighted by Gasteiger charge is -2.09. The summed E-state index contributed by atoms with van der Waals surface area (Å²) in [6, 6.07) is 8.21. The number of aromatic nitrogens is 3. The maximum Gasteiger partial charge on any atom is 0.274 e.